The molecule has 20 heavy (non-hydrogen) atoms. The third kappa shape index (κ3) is 2.98. The third-order valence-electron chi connectivity index (χ3n) is 2.64. The van der Waals surface area contributed by atoms with Crippen LogP contribution < -0.4 is 16.6 Å². The van der Waals surface area contributed by atoms with Crippen molar-refractivity contribution in [1.29, 1.82) is 0 Å². The summed E-state index contributed by atoms with van der Waals surface area (Å²) in [5.74, 6) is 4.39. The standard InChI is InChI=1S/C12H14N6O2/c1-14-12(20)10-4-5-18(17-10)7-9-3-2-8(6-15-9)11(19)16-13/h2-6H,7,13H2,1H3,(H,14,20)(H,16,19). The maximum atomic E-state index is 11.4. The molecule has 2 heterocycles. The number of hydrogen-bond acceptors (Lipinski definition) is 5. The molecule has 0 bridgehead atoms. The summed E-state index contributed by atoms with van der Waals surface area (Å²) in [5.41, 5.74) is 3.46. The first kappa shape index (κ1) is 13.7. The Morgan fingerprint density at radius 1 is 1.30 bits per heavy atom. The van der Waals surface area contributed by atoms with Crippen LogP contribution in [0.25, 0.3) is 0 Å². The molecule has 0 aliphatic heterocycles. The van der Waals surface area contributed by atoms with Crippen LogP contribution in [-0.4, -0.2) is 33.6 Å². The predicted molar refractivity (Wildman–Crippen MR) is 70.6 cm³/mol. The SMILES string of the molecule is CNC(=O)c1ccn(Cc2ccc(C(=O)NN)cn2)n1. The minimum atomic E-state index is -0.398. The number of aromatic nitrogens is 3. The first-order valence-corrected chi connectivity index (χ1v) is 5.85. The fourth-order valence-electron chi connectivity index (χ4n) is 1.60. The van der Waals surface area contributed by atoms with Gasteiger partial charge in [-0.05, 0) is 18.2 Å². The van der Waals surface area contributed by atoms with Crippen LogP contribution in [0.3, 0.4) is 0 Å². The lowest BCUT2D eigenvalue weighted by molar-refractivity contribution is 0.0947. The highest BCUT2D eigenvalue weighted by Crippen LogP contribution is 2.03. The molecule has 0 saturated heterocycles. The van der Waals surface area contributed by atoms with Gasteiger partial charge in [0.25, 0.3) is 11.8 Å². The number of nitrogen functional groups attached to an aromatic ring is 1. The summed E-state index contributed by atoms with van der Waals surface area (Å²) < 4.78 is 1.59. The Morgan fingerprint density at radius 3 is 2.70 bits per heavy atom. The Balaban J connectivity index is 2.08. The maximum Gasteiger partial charge on any atom is 0.271 e. The molecule has 0 unspecified atom stereocenters. The average Bonchev–Trinajstić information content (AvgIpc) is 2.95. The summed E-state index contributed by atoms with van der Waals surface area (Å²) in [6, 6.07) is 4.94. The lowest BCUT2D eigenvalue weighted by Gasteiger charge is -2.03. The highest BCUT2D eigenvalue weighted by atomic mass is 16.2. The summed E-state index contributed by atoms with van der Waals surface area (Å²) in [7, 11) is 1.55. The summed E-state index contributed by atoms with van der Waals surface area (Å²) in [4.78, 5) is 26.8. The topological polar surface area (TPSA) is 115 Å². The lowest BCUT2D eigenvalue weighted by atomic mass is 10.2. The Hall–Kier alpha value is -2.74. The lowest BCUT2D eigenvalue weighted by Crippen LogP contribution is -2.30. The second kappa shape index (κ2) is 5.93. The number of hydrogen-bond donors (Lipinski definition) is 3. The normalized spacial score (nSPS) is 10.1. The smallest absolute Gasteiger partial charge is 0.271 e. The van der Waals surface area contributed by atoms with Gasteiger partial charge in [0.15, 0.2) is 0 Å². The van der Waals surface area contributed by atoms with E-state index >= 15 is 0 Å². The maximum absolute atomic E-state index is 11.4. The predicted octanol–water partition coefficient (Wildman–Crippen LogP) is -0.710. The molecule has 8 heteroatoms. The molecule has 2 aromatic rings. The van der Waals surface area contributed by atoms with Gasteiger partial charge in [0.05, 0.1) is 17.8 Å². The second-order valence-electron chi connectivity index (χ2n) is 3.99. The van der Waals surface area contributed by atoms with E-state index in [0.29, 0.717) is 23.5 Å². The fourth-order valence-corrected chi connectivity index (χ4v) is 1.60. The Morgan fingerprint density at radius 2 is 2.10 bits per heavy atom. The van der Waals surface area contributed by atoms with Crippen LogP contribution in [-0.2, 0) is 6.54 Å². The van der Waals surface area contributed by atoms with Gasteiger partial charge in [0, 0.05) is 19.4 Å². The van der Waals surface area contributed by atoms with Gasteiger partial charge in [0.2, 0.25) is 0 Å². The molecule has 0 fully saturated rings. The van der Waals surface area contributed by atoms with Crippen molar-refractivity contribution < 1.29 is 9.59 Å². The molecule has 0 atom stereocenters. The molecule has 0 aromatic carbocycles. The van der Waals surface area contributed by atoms with E-state index in [1.54, 1.807) is 36.1 Å². The Labute approximate surface area is 115 Å². The van der Waals surface area contributed by atoms with Crippen molar-refractivity contribution in [2.24, 2.45) is 5.84 Å². The second-order valence-corrected chi connectivity index (χ2v) is 3.99. The van der Waals surface area contributed by atoms with Crippen molar-refractivity contribution in [1.82, 2.24) is 25.5 Å². The monoisotopic (exact) mass is 274 g/mol. The zero-order valence-electron chi connectivity index (χ0n) is 10.8. The van der Waals surface area contributed by atoms with Crippen LogP contribution in [0.1, 0.15) is 26.5 Å². The minimum Gasteiger partial charge on any atom is -0.354 e. The van der Waals surface area contributed by atoms with Crippen LogP contribution in [0.15, 0.2) is 30.6 Å². The van der Waals surface area contributed by atoms with Gasteiger partial charge in [-0.25, -0.2) is 5.84 Å². The van der Waals surface area contributed by atoms with Crippen molar-refractivity contribution in [3.63, 3.8) is 0 Å². The highest BCUT2D eigenvalue weighted by Gasteiger charge is 2.08. The van der Waals surface area contributed by atoms with Crippen molar-refractivity contribution in [2.45, 2.75) is 6.54 Å². The first-order valence-electron chi connectivity index (χ1n) is 5.85. The van der Waals surface area contributed by atoms with Gasteiger partial charge in [-0.2, -0.15) is 5.10 Å². The number of carbonyl (C=O) groups excluding carboxylic acids is 2. The molecule has 2 amide bonds. The molecule has 2 aromatic heterocycles. The number of carbonyl (C=O) groups is 2. The van der Waals surface area contributed by atoms with Gasteiger partial charge >= 0.3 is 0 Å². The number of amides is 2. The van der Waals surface area contributed by atoms with Crippen molar-refractivity contribution in [3.8, 4) is 0 Å². The summed E-state index contributed by atoms with van der Waals surface area (Å²) in [6.45, 7) is 0.404. The van der Waals surface area contributed by atoms with Crippen molar-refractivity contribution in [3.05, 3.63) is 47.5 Å². The number of nitrogens with one attached hydrogen (secondary N) is 2. The van der Waals surface area contributed by atoms with Gasteiger partial charge in [0.1, 0.15) is 5.69 Å². The van der Waals surface area contributed by atoms with Crippen LogP contribution >= 0.6 is 0 Å². The molecular weight excluding hydrogens is 260 g/mol. The van der Waals surface area contributed by atoms with Crippen molar-refractivity contribution >= 4 is 11.8 Å². The molecule has 4 N–H and O–H groups in total. The van der Waals surface area contributed by atoms with E-state index in [0.717, 1.165) is 0 Å². The number of rotatable bonds is 4. The van der Waals surface area contributed by atoms with E-state index in [1.165, 1.54) is 6.20 Å². The molecule has 104 valence electrons. The van der Waals surface area contributed by atoms with Gasteiger partial charge in [-0.15, -0.1) is 0 Å². The molecule has 0 spiro atoms. The Kier molecular flexibility index (Phi) is 4.06. The third-order valence-corrected chi connectivity index (χ3v) is 2.64. The molecule has 2 rings (SSSR count). The summed E-state index contributed by atoms with van der Waals surface area (Å²) in [5, 5.41) is 6.61. The van der Waals surface area contributed by atoms with Crippen LogP contribution in [0, 0.1) is 0 Å². The molecule has 0 aliphatic carbocycles. The van der Waals surface area contributed by atoms with E-state index in [-0.39, 0.29) is 5.91 Å². The minimum absolute atomic E-state index is 0.244. The Bertz CT molecular complexity index is 619. The molecular formula is C12H14N6O2. The number of nitrogens with zero attached hydrogens (tertiary/aromatic N) is 3. The van der Waals surface area contributed by atoms with E-state index < -0.39 is 5.91 Å². The van der Waals surface area contributed by atoms with E-state index in [1.807, 2.05) is 5.43 Å². The van der Waals surface area contributed by atoms with Gasteiger partial charge in [-0.1, -0.05) is 0 Å². The molecule has 0 radical (unpaired) electrons. The largest absolute Gasteiger partial charge is 0.354 e. The highest BCUT2D eigenvalue weighted by molar-refractivity contribution is 5.93. The fraction of sp³-hybridized carbons (Fsp3) is 0.167. The van der Waals surface area contributed by atoms with E-state index in [2.05, 4.69) is 15.4 Å². The number of hydrazine groups is 1. The molecule has 0 aliphatic rings. The summed E-state index contributed by atoms with van der Waals surface area (Å²) in [6.07, 6.45) is 3.12. The van der Waals surface area contributed by atoms with Crippen LogP contribution in [0.2, 0.25) is 0 Å². The average molecular weight is 274 g/mol. The first-order chi connectivity index (χ1) is 9.63. The zero-order valence-corrected chi connectivity index (χ0v) is 10.8. The molecule has 0 saturated carbocycles. The van der Waals surface area contributed by atoms with Gasteiger partial charge in [-0.3, -0.25) is 24.7 Å². The van der Waals surface area contributed by atoms with Gasteiger partial charge < -0.3 is 5.32 Å². The van der Waals surface area contributed by atoms with E-state index in [9.17, 15) is 9.59 Å². The zero-order chi connectivity index (χ0) is 14.5. The molecule has 8 nitrogen and oxygen atoms in total. The number of nitrogens with two attached hydrogens (primary N) is 1. The van der Waals surface area contributed by atoms with Crippen molar-refractivity contribution in [2.75, 3.05) is 7.05 Å². The summed E-state index contributed by atoms with van der Waals surface area (Å²) >= 11 is 0. The van der Waals surface area contributed by atoms with Crippen LogP contribution in [0.5, 0.6) is 0 Å². The van der Waals surface area contributed by atoms with E-state index in [4.69, 9.17) is 5.84 Å². The quantitative estimate of drug-likeness (QED) is 0.387. The number of pyridine rings is 1. The van der Waals surface area contributed by atoms with Crippen LogP contribution in [0.4, 0.5) is 0 Å².